The Hall–Kier alpha value is -0.260. The highest BCUT2D eigenvalue weighted by Gasteiger charge is 2.56. The third-order valence-corrected chi connectivity index (χ3v) is 4.49. The lowest BCUT2D eigenvalue weighted by atomic mass is 9.76. The number of rotatable bonds is 1. The maximum atomic E-state index is 2.57. The molecule has 4 atom stereocenters. The summed E-state index contributed by atoms with van der Waals surface area (Å²) in [6, 6.07) is 0. The summed E-state index contributed by atoms with van der Waals surface area (Å²) < 4.78 is 0. The third-order valence-electron chi connectivity index (χ3n) is 4.49. The molecule has 0 aromatic heterocycles. The normalized spacial score (nSPS) is 51.3. The van der Waals surface area contributed by atoms with Crippen LogP contribution in [0.3, 0.4) is 0 Å². The van der Waals surface area contributed by atoms with Gasteiger partial charge in [0.25, 0.3) is 0 Å². The minimum atomic E-state index is 0.649. The summed E-state index contributed by atoms with van der Waals surface area (Å²) in [6.07, 6.45) is 5.39. The second-order valence-corrected chi connectivity index (χ2v) is 4.93. The zero-order valence-corrected chi connectivity index (χ0v) is 8.72. The quantitative estimate of drug-likeness (QED) is 0.519. The van der Waals surface area contributed by atoms with Crippen LogP contribution in [0.5, 0.6) is 0 Å². The van der Waals surface area contributed by atoms with Crippen molar-refractivity contribution in [3.63, 3.8) is 0 Å². The monoisotopic (exact) mass is 164 g/mol. The summed E-state index contributed by atoms with van der Waals surface area (Å²) in [6.45, 7) is 9.47. The van der Waals surface area contributed by atoms with Gasteiger partial charge in [0.2, 0.25) is 0 Å². The van der Waals surface area contributed by atoms with Crippen molar-refractivity contribution < 1.29 is 0 Å². The van der Waals surface area contributed by atoms with Gasteiger partial charge in [0.15, 0.2) is 0 Å². The Morgan fingerprint density at radius 2 is 2.17 bits per heavy atom. The van der Waals surface area contributed by atoms with E-state index < -0.39 is 0 Å². The first-order valence-corrected chi connectivity index (χ1v) is 5.30. The van der Waals surface area contributed by atoms with Gasteiger partial charge in [-0.25, -0.2) is 0 Å². The molecule has 2 aliphatic rings. The van der Waals surface area contributed by atoms with E-state index in [9.17, 15) is 0 Å². The molecule has 12 heavy (non-hydrogen) atoms. The summed E-state index contributed by atoms with van der Waals surface area (Å²) in [5.41, 5.74) is 2.29. The number of hydrogen-bond acceptors (Lipinski definition) is 0. The second-order valence-electron chi connectivity index (χ2n) is 4.93. The van der Waals surface area contributed by atoms with Gasteiger partial charge in [-0.1, -0.05) is 32.4 Å². The predicted octanol–water partition coefficient (Wildman–Crippen LogP) is 3.63. The Labute approximate surface area is 76.1 Å². The zero-order valence-electron chi connectivity index (χ0n) is 8.72. The molecule has 0 N–H and O–H groups in total. The lowest BCUT2D eigenvalue weighted by molar-refractivity contribution is 0.316. The van der Waals surface area contributed by atoms with Gasteiger partial charge >= 0.3 is 0 Å². The van der Waals surface area contributed by atoms with Gasteiger partial charge in [0.05, 0.1) is 0 Å². The Morgan fingerprint density at radius 3 is 2.75 bits per heavy atom. The Kier molecular flexibility index (Phi) is 1.65. The molecular weight excluding hydrogens is 144 g/mol. The van der Waals surface area contributed by atoms with Crippen LogP contribution in [-0.4, -0.2) is 0 Å². The van der Waals surface area contributed by atoms with E-state index in [1.54, 1.807) is 5.57 Å². The molecule has 1 fully saturated rings. The fourth-order valence-electron chi connectivity index (χ4n) is 3.08. The van der Waals surface area contributed by atoms with Crippen molar-refractivity contribution in [3.05, 3.63) is 11.6 Å². The van der Waals surface area contributed by atoms with Crippen molar-refractivity contribution in [2.45, 2.75) is 40.5 Å². The van der Waals surface area contributed by atoms with Crippen molar-refractivity contribution in [3.8, 4) is 0 Å². The number of allylic oxidation sites excluding steroid dienone is 2. The van der Waals surface area contributed by atoms with Crippen LogP contribution in [0.2, 0.25) is 0 Å². The standard InChI is InChI=1S/C12H20/c1-5-12-6-8(2)9(3)10(4)11(12)7-12/h6,9-11H,5,7H2,1-4H3. The summed E-state index contributed by atoms with van der Waals surface area (Å²) >= 11 is 0. The zero-order chi connectivity index (χ0) is 8.93. The largest absolute Gasteiger partial charge is 0.0788 e. The van der Waals surface area contributed by atoms with Crippen LogP contribution in [0.25, 0.3) is 0 Å². The molecule has 0 heteroatoms. The third kappa shape index (κ3) is 0.901. The average molecular weight is 164 g/mol. The van der Waals surface area contributed by atoms with Gasteiger partial charge < -0.3 is 0 Å². The van der Waals surface area contributed by atoms with Gasteiger partial charge in [0.1, 0.15) is 0 Å². The van der Waals surface area contributed by atoms with Gasteiger partial charge in [0, 0.05) is 0 Å². The first-order valence-electron chi connectivity index (χ1n) is 5.30. The molecule has 4 unspecified atom stereocenters. The van der Waals surface area contributed by atoms with E-state index in [1.807, 2.05) is 0 Å². The maximum Gasteiger partial charge on any atom is -0.00838 e. The Bertz CT molecular complexity index is 226. The maximum absolute atomic E-state index is 2.57. The summed E-state index contributed by atoms with van der Waals surface area (Å²) in [7, 11) is 0. The van der Waals surface area contributed by atoms with E-state index in [0.29, 0.717) is 5.41 Å². The first kappa shape index (κ1) is 8.34. The minimum Gasteiger partial charge on any atom is -0.0788 e. The lowest BCUT2D eigenvalue weighted by Gasteiger charge is -2.29. The van der Waals surface area contributed by atoms with E-state index in [-0.39, 0.29) is 0 Å². The van der Waals surface area contributed by atoms with Crippen molar-refractivity contribution in [2.24, 2.45) is 23.2 Å². The predicted molar refractivity (Wildman–Crippen MR) is 52.9 cm³/mol. The molecule has 2 aliphatic carbocycles. The molecule has 0 aromatic carbocycles. The van der Waals surface area contributed by atoms with E-state index in [4.69, 9.17) is 0 Å². The molecule has 0 saturated heterocycles. The topological polar surface area (TPSA) is 0 Å². The fourth-order valence-corrected chi connectivity index (χ4v) is 3.08. The second kappa shape index (κ2) is 2.37. The van der Waals surface area contributed by atoms with Crippen LogP contribution in [0.1, 0.15) is 40.5 Å². The smallest absolute Gasteiger partial charge is 0.00838 e. The highest BCUT2D eigenvalue weighted by molar-refractivity contribution is 5.26. The van der Waals surface area contributed by atoms with Crippen LogP contribution in [0.4, 0.5) is 0 Å². The summed E-state index contributed by atoms with van der Waals surface area (Å²) in [5.74, 6) is 2.77. The van der Waals surface area contributed by atoms with Crippen molar-refractivity contribution in [1.29, 1.82) is 0 Å². The summed E-state index contributed by atoms with van der Waals surface area (Å²) in [5, 5.41) is 0. The number of fused-ring (bicyclic) bond motifs is 1. The van der Waals surface area contributed by atoms with Gasteiger partial charge in [-0.05, 0) is 42.9 Å². The lowest BCUT2D eigenvalue weighted by Crippen LogP contribution is -2.20. The molecule has 0 bridgehead atoms. The van der Waals surface area contributed by atoms with Gasteiger partial charge in [-0.15, -0.1) is 0 Å². The molecule has 0 radical (unpaired) electrons. The highest BCUT2D eigenvalue weighted by atomic mass is 14.6. The molecule has 0 heterocycles. The highest BCUT2D eigenvalue weighted by Crippen LogP contribution is 2.64. The molecule has 0 nitrogen and oxygen atoms in total. The Morgan fingerprint density at radius 1 is 1.50 bits per heavy atom. The molecule has 2 rings (SSSR count). The van der Waals surface area contributed by atoms with Crippen LogP contribution in [-0.2, 0) is 0 Å². The first-order chi connectivity index (χ1) is 5.60. The molecule has 0 spiro atoms. The van der Waals surface area contributed by atoms with Crippen molar-refractivity contribution in [2.75, 3.05) is 0 Å². The molecular formula is C12H20. The van der Waals surface area contributed by atoms with Gasteiger partial charge in [-0.2, -0.15) is 0 Å². The fraction of sp³-hybridized carbons (Fsp3) is 0.833. The van der Waals surface area contributed by atoms with Crippen molar-refractivity contribution in [1.82, 2.24) is 0 Å². The van der Waals surface area contributed by atoms with Crippen LogP contribution < -0.4 is 0 Å². The molecule has 0 aliphatic heterocycles. The average Bonchev–Trinajstić information content (AvgIpc) is 2.76. The Balaban J connectivity index is 2.28. The SMILES string of the molecule is CCC12C=C(C)C(C)C(C)C1C2. The van der Waals surface area contributed by atoms with Gasteiger partial charge in [-0.3, -0.25) is 0 Å². The van der Waals surface area contributed by atoms with Crippen molar-refractivity contribution >= 4 is 0 Å². The number of hydrogen-bond donors (Lipinski definition) is 0. The molecule has 0 amide bonds. The summed E-state index contributed by atoms with van der Waals surface area (Å²) in [4.78, 5) is 0. The molecule has 0 aromatic rings. The van der Waals surface area contributed by atoms with E-state index in [2.05, 4.69) is 33.8 Å². The minimum absolute atomic E-state index is 0.649. The molecule has 68 valence electrons. The van der Waals surface area contributed by atoms with E-state index in [1.165, 1.54) is 12.8 Å². The van der Waals surface area contributed by atoms with E-state index >= 15 is 0 Å². The van der Waals surface area contributed by atoms with Crippen LogP contribution in [0, 0.1) is 23.2 Å². The van der Waals surface area contributed by atoms with Crippen LogP contribution in [0.15, 0.2) is 11.6 Å². The molecule has 1 saturated carbocycles. The van der Waals surface area contributed by atoms with Crippen LogP contribution >= 0.6 is 0 Å². The van der Waals surface area contributed by atoms with E-state index in [0.717, 1.165) is 17.8 Å².